The topological polar surface area (TPSA) is 42.4 Å². The molecule has 0 unspecified atom stereocenters. The van der Waals surface area contributed by atoms with Gasteiger partial charge in [-0.15, -0.1) is 0 Å². The summed E-state index contributed by atoms with van der Waals surface area (Å²) in [4.78, 5) is 19.5. The van der Waals surface area contributed by atoms with Gasteiger partial charge in [-0.1, -0.05) is 11.6 Å². The van der Waals surface area contributed by atoms with Crippen molar-refractivity contribution in [2.75, 3.05) is 26.8 Å². The average molecular weight is 326 g/mol. The number of methoxy groups -OCH3 is 1. The number of carbonyl (C=O) groups excluding carboxylic acids is 1. The molecule has 1 amide bonds. The van der Waals surface area contributed by atoms with E-state index >= 15 is 0 Å². The van der Waals surface area contributed by atoms with Gasteiger partial charge in [0.05, 0.1) is 11.1 Å². The van der Waals surface area contributed by atoms with Crippen molar-refractivity contribution in [2.24, 2.45) is 5.92 Å². The van der Waals surface area contributed by atoms with Gasteiger partial charge in [0.2, 0.25) is 0 Å². The van der Waals surface area contributed by atoms with E-state index in [0.29, 0.717) is 5.92 Å². The highest BCUT2D eigenvalue weighted by atomic mass is 16.5. The molecule has 1 atom stereocenters. The minimum absolute atomic E-state index is 0.143. The number of fused-ring (bicyclic) bond motifs is 1. The van der Waals surface area contributed by atoms with Crippen LogP contribution in [0.4, 0.5) is 0 Å². The fraction of sp³-hybridized carbons (Fsp3) is 0.500. The van der Waals surface area contributed by atoms with Gasteiger partial charge in [-0.3, -0.25) is 9.78 Å². The molecule has 1 saturated heterocycles. The Bertz CT molecular complexity index is 714. The zero-order chi connectivity index (χ0) is 16.9. The van der Waals surface area contributed by atoms with E-state index < -0.39 is 0 Å². The Labute approximate surface area is 143 Å². The molecule has 0 radical (unpaired) electrons. The molecule has 0 saturated carbocycles. The third-order valence-corrected chi connectivity index (χ3v) is 4.89. The van der Waals surface area contributed by atoms with Crippen LogP contribution in [0.5, 0.6) is 0 Å². The Balaban J connectivity index is 1.77. The SMILES string of the molecule is COCCC[C@@H]1CCCN(C(=O)c2ccnc3ccc(C)cc23)C1. The second-order valence-electron chi connectivity index (χ2n) is 6.77. The van der Waals surface area contributed by atoms with Crippen LogP contribution >= 0.6 is 0 Å². The standard InChI is InChI=1S/C20H26N2O2/c1-15-7-8-19-18(13-15)17(9-10-21-19)20(23)22-11-3-5-16(14-22)6-4-12-24-2/h7-10,13,16H,3-6,11-12,14H2,1-2H3/t16-/m0/s1. The van der Waals surface area contributed by atoms with E-state index in [0.717, 1.165) is 61.0 Å². The van der Waals surface area contributed by atoms with Gasteiger partial charge >= 0.3 is 0 Å². The van der Waals surface area contributed by atoms with E-state index in [1.54, 1.807) is 13.3 Å². The number of ether oxygens (including phenoxy) is 1. The lowest BCUT2D eigenvalue weighted by Crippen LogP contribution is -2.40. The number of hydrogen-bond donors (Lipinski definition) is 0. The molecule has 1 aromatic carbocycles. The summed E-state index contributed by atoms with van der Waals surface area (Å²) >= 11 is 0. The highest BCUT2D eigenvalue weighted by Gasteiger charge is 2.25. The number of carbonyl (C=O) groups is 1. The molecule has 128 valence electrons. The summed E-state index contributed by atoms with van der Waals surface area (Å²) in [6.07, 6.45) is 6.24. The normalized spacial score (nSPS) is 18.1. The van der Waals surface area contributed by atoms with Gasteiger partial charge in [-0.05, 0) is 56.7 Å². The third kappa shape index (κ3) is 3.75. The lowest BCUT2D eigenvalue weighted by molar-refractivity contribution is 0.0662. The monoisotopic (exact) mass is 326 g/mol. The number of hydrogen-bond acceptors (Lipinski definition) is 3. The number of piperidine rings is 1. The number of likely N-dealkylation sites (tertiary alicyclic amines) is 1. The number of aromatic nitrogens is 1. The zero-order valence-corrected chi connectivity index (χ0v) is 14.6. The van der Waals surface area contributed by atoms with Crippen LogP contribution in [0, 0.1) is 12.8 Å². The Hall–Kier alpha value is -1.94. The van der Waals surface area contributed by atoms with Crippen molar-refractivity contribution in [3.8, 4) is 0 Å². The first-order valence-electron chi connectivity index (χ1n) is 8.82. The fourth-order valence-corrected chi connectivity index (χ4v) is 3.62. The third-order valence-electron chi connectivity index (χ3n) is 4.89. The maximum absolute atomic E-state index is 13.1. The molecule has 1 aromatic heterocycles. The van der Waals surface area contributed by atoms with E-state index in [1.165, 1.54) is 6.42 Å². The maximum Gasteiger partial charge on any atom is 0.254 e. The van der Waals surface area contributed by atoms with Gasteiger partial charge in [0.1, 0.15) is 0 Å². The van der Waals surface area contributed by atoms with Crippen molar-refractivity contribution in [3.63, 3.8) is 0 Å². The molecule has 24 heavy (non-hydrogen) atoms. The van der Waals surface area contributed by atoms with Gasteiger partial charge in [-0.25, -0.2) is 0 Å². The first-order valence-corrected chi connectivity index (χ1v) is 8.82. The fourth-order valence-electron chi connectivity index (χ4n) is 3.62. The molecule has 4 heteroatoms. The van der Waals surface area contributed by atoms with Crippen LogP contribution in [0.15, 0.2) is 30.5 Å². The van der Waals surface area contributed by atoms with Crippen LogP contribution in [0.2, 0.25) is 0 Å². The van der Waals surface area contributed by atoms with Crippen molar-refractivity contribution in [1.29, 1.82) is 0 Å². The summed E-state index contributed by atoms with van der Waals surface area (Å²) in [7, 11) is 1.74. The van der Waals surface area contributed by atoms with E-state index in [1.807, 2.05) is 30.0 Å². The largest absolute Gasteiger partial charge is 0.385 e. The zero-order valence-electron chi connectivity index (χ0n) is 14.6. The van der Waals surface area contributed by atoms with Gasteiger partial charge in [0, 0.05) is 38.4 Å². The van der Waals surface area contributed by atoms with Crippen LogP contribution in [-0.4, -0.2) is 42.6 Å². The highest BCUT2D eigenvalue weighted by molar-refractivity contribution is 6.06. The molecule has 0 N–H and O–H groups in total. The molecule has 2 heterocycles. The smallest absolute Gasteiger partial charge is 0.254 e. The molecular formula is C20H26N2O2. The lowest BCUT2D eigenvalue weighted by atomic mass is 9.93. The Kier molecular flexibility index (Phi) is 5.46. The van der Waals surface area contributed by atoms with Crippen LogP contribution in [-0.2, 0) is 4.74 Å². The van der Waals surface area contributed by atoms with Crippen LogP contribution in [0.3, 0.4) is 0 Å². The summed E-state index contributed by atoms with van der Waals surface area (Å²) in [6, 6.07) is 7.95. The van der Waals surface area contributed by atoms with Gasteiger partial charge < -0.3 is 9.64 Å². The summed E-state index contributed by atoms with van der Waals surface area (Å²) in [6.45, 7) is 4.57. The summed E-state index contributed by atoms with van der Waals surface area (Å²) in [5, 5.41) is 0.962. The Morgan fingerprint density at radius 1 is 1.38 bits per heavy atom. The molecule has 1 aliphatic heterocycles. The van der Waals surface area contributed by atoms with Crippen molar-refractivity contribution >= 4 is 16.8 Å². The molecule has 0 bridgehead atoms. The number of nitrogens with zero attached hydrogens (tertiary/aromatic N) is 2. The van der Waals surface area contributed by atoms with Crippen molar-refractivity contribution in [2.45, 2.75) is 32.6 Å². The molecule has 2 aromatic rings. The predicted octanol–water partition coefficient (Wildman–Crippen LogP) is 3.82. The Morgan fingerprint density at radius 2 is 2.25 bits per heavy atom. The predicted molar refractivity (Wildman–Crippen MR) is 96.2 cm³/mol. The molecule has 4 nitrogen and oxygen atoms in total. The minimum atomic E-state index is 0.143. The molecule has 1 aliphatic rings. The Morgan fingerprint density at radius 3 is 3.08 bits per heavy atom. The minimum Gasteiger partial charge on any atom is -0.385 e. The quantitative estimate of drug-likeness (QED) is 0.784. The summed E-state index contributed by atoms with van der Waals surface area (Å²) in [5.41, 5.74) is 2.82. The van der Waals surface area contributed by atoms with Crippen LogP contribution < -0.4 is 0 Å². The lowest BCUT2D eigenvalue weighted by Gasteiger charge is -2.33. The second-order valence-corrected chi connectivity index (χ2v) is 6.77. The van der Waals surface area contributed by atoms with E-state index in [2.05, 4.69) is 11.1 Å². The molecular weight excluding hydrogens is 300 g/mol. The van der Waals surface area contributed by atoms with Crippen LogP contribution in [0.25, 0.3) is 10.9 Å². The van der Waals surface area contributed by atoms with Crippen molar-refractivity contribution in [3.05, 3.63) is 41.6 Å². The highest BCUT2D eigenvalue weighted by Crippen LogP contribution is 2.25. The maximum atomic E-state index is 13.1. The molecule has 0 spiro atoms. The number of aryl methyl sites for hydroxylation is 1. The van der Waals surface area contributed by atoms with Crippen molar-refractivity contribution < 1.29 is 9.53 Å². The summed E-state index contributed by atoms with van der Waals surface area (Å²) < 4.78 is 5.15. The first kappa shape index (κ1) is 16.9. The average Bonchev–Trinajstić information content (AvgIpc) is 2.61. The number of benzene rings is 1. The summed E-state index contributed by atoms with van der Waals surface area (Å²) in [5.74, 6) is 0.733. The van der Waals surface area contributed by atoms with Crippen LogP contribution in [0.1, 0.15) is 41.6 Å². The number of rotatable bonds is 5. The molecule has 3 rings (SSSR count). The van der Waals surface area contributed by atoms with Gasteiger partial charge in [0.15, 0.2) is 0 Å². The number of pyridine rings is 1. The van der Waals surface area contributed by atoms with E-state index in [4.69, 9.17) is 4.74 Å². The van der Waals surface area contributed by atoms with E-state index in [9.17, 15) is 4.79 Å². The second kappa shape index (κ2) is 7.75. The number of amides is 1. The van der Waals surface area contributed by atoms with Gasteiger partial charge in [0.25, 0.3) is 5.91 Å². The molecule has 0 aliphatic carbocycles. The van der Waals surface area contributed by atoms with Crippen molar-refractivity contribution in [1.82, 2.24) is 9.88 Å². The molecule has 1 fully saturated rings. The first-order chi connectivity index (χ1) is 11.7. The van der Waals surface area contributed by atoms with Gasteiger partial charge in [-0.2, -0.15) is 0 Å². The van der Waals surface area contributed by atoms with E-state index in [-0.39, 0.29) is 5.91 Å².